The van der Waals surface area contributed by atoms with E-state index >= 15 is 0 Å². The van der Waals surface area contributed by atoms with E-state index in [2.05, 4.69) is 38.7 Å². The second kappa shape index (κ2) is 10.7. The molecular formula is C17H28ClN5S. The second-order valence-electron chi connectivity index (χ2n) is 5.85. The summed E-state index contributed by atoms with van der Waals surface area (Å²) in [5, 5.41) is 7.60. The highest BCUT2D eigenvalue weighted by molar-refractivity contribution is 7.98. The summed E-state index contributed by atoms with van der Waals surface area (Å²) in [6.45, 7) is 5.70. The van der Waals surface area contributed by atoms with Gasteiger partial charge in [0.25, 0.3) is 0 Å². The van der Waals surface area contributed by atoms with Crippen LogP contribution in [0.1, 0.15) is 26.2 Å². The monoisotopic (exact) mass is 369 g/mol. The van der Waals surface area contributed by atoms with Crippen molar-refractivity contribution in [1.82, 2.24) is 15.6 Å². The lowest BCUT2D eigenvalue weighted by atomic mass is 10.3. The summed E-state index contributed by atoms with van der Waals surface area (Å²) in [4.78, 5) is 11.3. The summed E-state index contributed by atoms with van der Waals surface area (Å²) >= 11 is 8.15. The Hall–Kier alpha value is -1.14. The van der Waals surface area contributed by atoms with Gasteiger partial charge in [-0.3, -0.25) is 4.99 Å². The Bertz CT molecular complexity index is 525. The van der Waals surface area contributed by atoms with Gasteiger partial charge < -0.3 is 15.5 Å². The van der Waals surface area contributed by atoms with Crippen LogP contribution in [0.25, 0.3) is 0 Å². The molecule has 2 heterocycles. The summed E-state index contributed by atoms with van der Waals surface area (Å²) in [6.07, 6.45) is 7.36. The fourth-order valence-corrected chi connectivity index (χ4v) is 3.48. The Kier molecular flexibility index (Phi) is 8.53. The topological polar surface area (TPSA) is 52.6 Å². The van der Waals surface area contributed by atoms with Crippen LogP contribution in [0.3, 0.4) is 0 Å². The first kappa shape index (κ1) is 19.2. The van der Waals surface area contributed by atoms with Crippen LogP contribution < -0.4 is 15.5 Å². The minimum absolute atomic E-state index is 0.368. The maximum atomic E-state index is 6.26. The van der Waals surface area contributed by atoms with Gasteiger partial charge in [0, 0.05) is 38.4 Å². The Morgan fingerprint density at radius 3 is 3.12 bits per heavy atom. The number of aliphatic imine (C=N–C) groups is 1. The van der Waals surface area contributed by atoms with Crippen molar-refractivity contribution in [1.29, 1.82) is 0 Å². The van der Waals surface area contributed by atoms with Crippen LogP contribution in [-0.2, 0) is 0 Å². The van der Waals surface area contributed by atoms with Crippen molar-refractivity contribution in [2.24, 2.45) is 4.99 Å². The maximum Gasteiger partial charge on any atom is 0.191 e. The maximum absolute atomic E-state index is 6.26. The molecule has 2 rings (SSSR count). The fourth-order valence-electron chi connectivity index (χ4n) is 2.74. The van der Waals surface area contributed by atoms with Gasteiger partial charge in [-0.15, -0.1) is 0 Å². The molecule has 1 saturated heterocycles. The third-order valence-corrected chi connectivity index (χ3v) is 4.93. The van der Waals surface area contributed by atoms with Crippen LogP contribution in [0.4, 0.5) is 5.82 Å². The van der Waals surface area contributed by atoms with Gasteiger partial charge in [-0.25, -0.2) is 4.98 Å². The molecule has 1 aromatic heterocycles. The van der Waals surface area contributed by atoms with Crippen LogP contribution in [-0.4, -0.2) is 55.2 Å². The van der Waals surface area contributed by atoms with Gasteiger partial charge in [0.15, 0.2) is 5.96 Å². The Labute approximate surface area is 154 Å². The zero-order valence-corrected chi connectivity index (χ0v) is 16.2. The second-order valence-corrected chi connectivity index (χ2v) is 7.24. The molecule has 1 atom stereocenters. The van der Waals surface area contributed by atoms with Gasteiger partial charge in [-0.2, -0.15) is 11.8 Å². The van der Waals surface area contributed by atoms with E-state index in [4.69, 9.17) is 11.6 Å². The van der Waals surface area contributed by atoms with E-state index in [1.54, 1.807) is 6.20 Å². The van der Waals surface area contributed by atoms with Crippen molar-refractivity contribution in [3.05, 3.63) is 23.4 Å². The van der Waals surface area contributed by atoms with Gasteiger partial charge in [0.2, 0.25) is 0 Å². The van der Waals surface area contributed by atoms with Gasteiger partial charge in [-0.1, -0.05) is 11.6 Å². The first-order chi connectivity index (χ1) is 11.7. The molecule has 1 aliphatic rings. The fraction of sp³-hybridized carbons (Fsp3) is 0.647. The Morgan fingerprint density at radius 2 is 2.38 bits per heavy atom. The molecule has 0 aliphatic carbocycles. The molecule has 0 spiro atoms. The number of hydrogen-bond donors (Lipinski definition) is 2. The Morgan fingerprint density at radius 1 is 1.50 bits per heavy atom. The van der Waals surface area contributed by atoms with E-state index in [0.29, 0.717) is 11.1 Å². The molecular weight excluding hydrogens is 342 g/mol. The summed E-state index contributed by atoms with van der Waals surface area (Å²) in [7, 11) is 0. The van der Waals surface area contributed by atoms with Crippen molar-refractivity contribution in [2.45, 2.75) is 32.2 Å². The van der Waals surface area contributed by atoms with Crippen LogP contribution in [0, 0.1) is 0 Å². The zero-order valence-electron chi connectivity index (χ0n) is 14.6. The third-order valence-electron chi connectivity index (χ3n) is 3.94. The lowest BCUT2D eigenvalue weighted by molar-refractivity contribution is 0.647. The predicted octanol–water partition coefficient (Wildman–Crippen LogP) is 3.01. The number of halogens is 1. The van der Waals surface area contributed by atoms with Crippen LogP contribution in [0.5, 0.6) is 0 Å². The number of anilines is 1. The Balaban J connectivity index is 1.84. The van der Waals surface area contributed by atoms with E-state index in [9.17, 15) is 0 Å². The molecule has 24 heavy (non-hydrogen) atoms. The summed E-state index contributed by atoms with van der Waals surface area (Å²) in [5.74, 6) is 3.00. The molecule has 0 aromatic carbocycles. The molecule has 7 heteroatoms. The number of pyridine rings is 1. The van der Waals surface area contributed by atoms with Gasteiger partial charge in [0.05, 0.1) is 5.02 Å². The molecule has 0 bridgehead atoms. The van der Waals surface area contributed by atoms with Crippen molar-refractivity contribution in [3.8, 4) is 0 Å². The quantitative estimate of drug-likeness (QED) is 0.419. The summed E-state index contributed by atoms with van der Waals surface area (Å²) < 4.78 is 0. The van der Waals surface area contributed by atoms with Gasteiger partial charge >= 0.3 is 0 Å². The van der Waals surface area contributed by atoms with E-state index in [0.717, 1.165) is 50.8 Å². The SMILES string of the molecule is CCNC(=NCCCCSC)NC1CCN(c2ncccc2Cl)C1. The molecule has 0 radical (unpaired) electrons. The van der Waals surface area contributed by atoms with Gasteiger partial charge in [0.1, 0.15) is 5.82 Å². The lowest BCUT2D eigenvalue weighted by Crippen LogP contribution is -2.44. The van der Waals surface area contributed by atoms with E-state index in [1.165, 1.54) is 12.2 Å². The molecule has 1 fully saturated rings. The standard InChI is InChI=1S/C17H28ClN5S/c1-3-19-17(21-9-4-5-12-24-2)22-14-8-11-23(13-14)16-15(18)7-6-10-20-16/h6-7,10,14H,3-5,8-9,11-13H2,1-2H3,(H2,19,21,22). The van der Waals surface area contributed by atoms with E-state index < -0.39 is 0 Å². The number of rotatable bonds is 8. The first-order valence-corrected chi connectivity index (χ1v) is 10.4. The van der Waals surface area contributed by atoms with Crippen molar-refractivity contribution in [3.63, 3.8) is 0 Å². The average Bonchev–Trinajstić information content (AvgIpc) is 3.03. The molecule has 1 aromatic rings. The van der Waals surface area contributed by atoms with Gasteiger partial charge in [-0.05, 0) is 50.3 Å². The minimum atomic E-state index is 0.368. The molecule has 0 saturated carbocycles. The molecule has 134 valence electrons. The zero-order chi connectivity index (χ0) is 17.2. The highest BCUT2D eigenvalue weighted by atomic mass is 35.5. The highest BCUT2D eigenvalue weighted by Gasteiger charge is 2.25. The van der Waals surface area contributed by atoms with Crippen molar-refractivity contribution >= 4 is 35.1 Å². The van der Waals surface area contributed by atoms with Crippen LogP contribution in [0.2, 0.25) is 5.02 Å². The van der Waals surface area contributed by atoms with E-state index in [1.807, 2.05) is 23.9 Å². The number of nitrogens with one attached hydrogen (secondary N) is 2. The number of hydrogen-bond acceptors (Lipinski definition) is 4. The number of nitrogens with zero attached hydrogens (tertiary/aromatic N) is 3. The summed E-state index contributed by atoms with van der Waals surface area (Å²) in [6, 6.07) is 4.13. The first-order valence-electron chi connectivity index (χ1n) is 8.63. The normalized spacial score (nSPS) is 18.0. The summed E-state index contributed by atoms with van der Waals surface area (Å²) in [5.41, 5.74) is 0. The molecule has 1 aliphatic heterocycles. The highest BCUT2D eigenvalue weighted by Crippen LogP contribution is 2.25. The van der Waals surface area contributed by atoms with Crippen molar-refractivity contribution in [2.75, 3.05) is 43.1 Å². The van der Waals surface area contributed by atoms with Crippen LogP contribution >= 0.6 is 23.4 Å². The molecule has 2 N–H and O–H groups in total. The predicted molar refractivity (Wildman–Crippen MR) is 107 cm³/mol. The number of thioether (sulfide) groups is 1. The van der Waals surface area contributed by atoms with Crippen molar-refractivity contribution < 1.29 is 0 Å². The molecule has 5 nitrogen and oxygen atoms in total. The largest absolute Gasteiger partial charge is 0.357 e. The minimum Gasteiger partial charge on any atom is -0.357 e. The average molecular weight is 370 g/mol. The van der Waals surface area contributed by atoms with Crippen LogP contribution in [0.15, 0.2) is 23.3 Å². The number of unbranched alkanes of at least 4 members (excludes halogenated alkanes) is 1. The van der Waals surface area contributed by atoms with E-state index in [-0.39, 0.29) is 0 Å². The molecule has 1 unspecified atom stereocenters. The third kappa shape index (κ3) is 6.06. The smallest absolute Gasteiger partial charge is 0.191 e. The number of aromatic nitrogens is 1. The molecule has 0 amide bonds. The number of guanidine groups is 1. The lowest BCUT2D eigenvalue weighted by Gasteiger charge is -2.20.